The van der Waals surface area contributed by atoms with E-state index in [2.05, 4.69) is 17.9 Å². The Hall–Kier alpha value is -1.24. The van der Waals surface area contributed by atoms with Crippen molar-refractivity contribution in [1.29, 1.82) is 0 Å². The maximum atomic E-state index is 10.7. The third kappa shape index (κ3) is 4.26. The van der Waals surface area contributed by atoms with Crippen molar-refractivity contribution in [3.8, 4) is 0 Å². The van der Waals surface area contributed by atoms with Gasteiger partial charge < -0.3 is 21.3 Å². The number of primary amides is 1. The highest BCUT2D eigenvalue weighted by atomic mass is 32.1. The number of anilines is 1. The van der Waals surface area contributed by atoms with Gasteiger partial charge in [0.1, 0.15) is 6.10 Å². The van der Waals surface area contributed by atoms with Crippen LogP contribution in [0.15, 0.2) is 24.3 Å². The molecule has 1 aromatic rings. The smallest absolute Gasteiger partial charge is 0.316 e. The van der Waals surface area contributed by atoms with Crippen molar-refractivity contribution in [3.63, 3.8) is 0 Å². The van der Waals surface area contributed by atoms with E-state index >= 15 is 0 Å². The van der Waals surface area contributed by atoms with Crippen LogP contribution in [0.3, 0.4) is 0 Å². The summed E-state index contributed by atoms with van der Waals surface area (Å²) in [6.07, 6.45) is -1.49. The molecule has 5 nitrogen and oxygen atoms in total. The van der Waals surface area contributed by atoms with Gasteiger partial charge in [0.2, 0.25) is 0 Å². The van der Waals surface area contributed by atoms with Crippen LogP contribution in [0.5, 0.6) is 0 Å². The topological polar surface area (TPSA) is 95.6 Å². The Kier molecular flexibility index (Phi) is 5.27. The number of benzene rings is 1. The number of carbonyl (C=O) groups excluding carboxylic acids is 1. The number of aliphatic hydroxyl groups excluding tert-OH is 2. The molecule has 0 aliphatic heterocycles. The van der Waals surface area contributed by atoms with Crippen molar-refractivity contribution in [2.75, 3.05) is 11.1 Å². The van der Waals surface area contributed by atoms with E-state index in [1.165, 1.54) is 0 Å². The second kappa shape index (κ2) is 6.48. The number of rotatable bonds is 5. The molecule has 0 saturated heterocycles. The molecule has 0 heterocycles. The van der Waals surface area contributed by atoms with Gasteiger partial charge in [-0.05, 0) is 29.9 Å². The highest BCUT2D eigenvalue weighted by Gasteiger charge is 2.17. The van der Waals surface area contributed by atoms with Gasteiger partial charge in [-0.15, -0.1) is 0 Å². The van der Waals surface area contributed by atoms with Crippen LogP contribution in [0.2, 0.25) is 0 Å². The Morgan fingerprint density at radius 1 is 1.47 bits per heavy atom. The second-order valence-electron chi connectivity index (χ2n) is 3.64. The maximum absolute atomic E-state index is 10.7. The Morgan fingerprint density at radius 2 is 2.18 bits per heavy atom. The van der Waals surface area contributed by atoms with Gasteiger partial charge in [0, 0.05) is 5.69 Å². The van der Waals surface area contributed by atoms with Gasteiger partial charge in [0.05, 0.1) is 6.10 Å². The van der Waals surface area contributed by atoms with Crippen molar-refractivity contribution in [2.45, 2.75) is 18.6 Å². The summed E-state index contributed by atoms with van der Waals surface area (Å²) in [7, 11) is 0. The predicted molar refractivity (Wildman–Crippen MR) is 69.1 cm³/mol. The molecule has 94 valence electrons. The Balaban J connectivity index is 2.79. The molecule has 2 amide bonds. The summed E-state index contributed by atoms with van der Waals surface area (Å²) in [4.78, 5) is 10.7. The van der Waals surface area contributed by atoms with Crippen molar-refractivity contribution in [1.82, 2.24) is 0 Å². The number of amides is 2. The van der Waals surface area contributed by atoms with Crippen molar-refractivity contribution in [2.24, 2.45) is 5.73 Å². The van der Waals surface area contributed by atoms with Crippen molar-refractivity contribution >= 4 is 24.3 Å². The maximum Gasteiger partial charge on any atom is 0.316 e. The average molecular weight is 256 g/mol. The third-order valence-corrected chi connectivity index (χ3v) is 2.54. The number of aliphatic hydroxyl groups is 2. The number of nitrogens with one attached hydrogen (secondary N) is 1. The van der Waals surface area contributed by atoms with Gasteiger partial charge in [0.15, 0.2) is 0 Å². The van der Waals surface area contributed by atoms with Crippen molar-refractivity contribution < 1.29 is 15.0 Å². The van der Waals surface area contributed by atoms with Crippen molar-refractivity contribution in [3.05, 3.63) is 29.8 Å². The van der Waals surface area contributed by atoms with Gasteiger partial charge in [-0.2, -0.15) is 12.6 Å². The number of hydrogen-bond donors (Lipinski definition) is 5. The molecule has 0 aliphatic carbocycles. The number of thiol groups is 1. The number of urea groups is 1. The molecule has 0 radical (unpaired) electrons. The van der Waals surface area contributed by atoms with E-state index in [-0.39, 0.29) is 0 Å². The van der Waals surface area contributed by atoms with Crippen LogP contribution < -0.4 is 11.1 Å². The summed E-state index contributed by atoms with van der Waals surface area (Å²) < 4.78 is 0. The Bertz CT molecular complexity index is 387. The van der Waals surface area contributed by atoms with Gasteiger partial charge in [-0.25, -0.2) is 4.79 Å². The standard InChI is InChI=1S/C11H16N2O3S/c12-11(16)13-8-3-1-2-7(6-8)10(15)9(14)4-5-17/h1-3,6,9-10,14-15,17H,4-5H2,(H3,12,13,16). The first kappa shape index (κ1) is 13.8. The largest absolute Gasteiger partial charge is 0.390 e. The molecule has 1 aromatic carbocycles. The lowest BCUT2D eigenvalue weighted by molar-refractivity contribution is 0.0173. The summed E-state index contributed by atoms with van der Waals surface area (Å²) in [6, 6.07) is 5.87. The monoisotopic (exact) mass is 256 g/mol. The molecule has 0 aromatic heterocycles. The SMILES string of the molecule is NC(=O)Nc1cccc(C(O)C(O)CCS)c1. The van der Waals surface area contributed by atoms with E-state index in [0.29, 0.717) is 23.4 Å². The fourth-order valence-electron chi connectivity index (χ4n) is 1.45. The number of hydrogen-bond acceptors (Lipinski definition) is 4. The van der Waals surface area contributed by atoms with E-state index in [9.17, 15) is 15.0 Å². The van der Waals surface area contributed by atoms with Crippen LogP contribution in [0.4, 0.5) is 10.5 Å². The predicted octanol–water partition coefficient (Wildman–Crippen LogP) is 0.891. The normalized spacial score (nSPS) is 14.1. The summed E-state index contributed by atoms with van der Waals surface area (Å²) in [6.45, 7) is 0. The molecule has 0 saturated carbocycles. The Labute approximate surface area is 105 Å². The van der Waals surface area contributed by atoms with E-state index in [4.69, 9.17) is 5.73 Å². The van der Waals surface area contributed by atoms with Crippen LogP contribution in [-0.4, -0.2) is 28.1 Å². The van der Waals surface area contributed by atoms with Crippen LogP contribution in [0.1, 0.15) is 18.1 Å². The molecule has 6 heteroatoms. The summed E-state index contributed by atoms with van der Waals surface area (Å²) in [5.41, 5.74) is 5.98. The highest BCUT2D eigenvalue weighted by Crippen LogP contribution is 2.22. The van der Waals surface area contributed by atoms with E-state index in [1.54, 1.807) is 24.3 Å². The average Bonchev–Trinajstić information content (AvgIpc) is 2.28. The molecule has 5 N–H and O–H groups in total. The minimum absolute atomic E-state index is 0.387. The van der Waals surface area contributed by atoms with Gasteiger partial charge in [0.25, 0.3) is 0 Å². The zero-order valence-electron chi connectivity index (χ0n) is 9.21. The van der Waals surface area contributed by atoms with Gasteiger partial charge in [-0.1, -0.05) is 12.1 Å². The quantitative estimate of drug-likeness (QED) is 0.506. The summed E-state index contributed by atoms with van der Waals surface area (Å²) in [5.74, 6) is 0.484. The van der Waals surface area contributed by atoms with Gasteiger partial charge in [-0.3, -0.25) is 0 Å². The molecule has 0 bridgehead atoms. The Morgan fingerprint density at radius 3 is 2.76 bits per heavy atom. The highest BCUT2D eigenvalue weighted by molar-refractivity contribution is 7.80. The molecule has 0 aliphatic rings. The van der Waals surface area contributed by atoms with Crippen LogP contribution in [-0.2, 0) is 0 Å². The first-order valence-corrected chi connectivity index (χ1v) is 5.81. The number of carbonyl (C=O) groups is 1. The fraction of sp³-hybridized carbons (Fsp3) is 0.364. The zero-order valence-corrected chi connectivity index (χ0v) is 10.1. The molecule has 17 heavy (non-hydrogen) atoms. The molecule has 0 spiro atoms. The zero-order chi connectivity index (χ0) is 12.8. The first-order valence-electron chi connectivity index (χ1n) is 5.18. The van der Waals surface area contributed by atoms with E-state index in [0.717, 1.165) is 0 Å². The number of nitrogens with two attached hydrogens (primary N) is 1. The molecular formula is C11H16N2O3S. The van der Waals surface area contributed by atoms with E-state index < -0.39 is 18.2 Å². The van der Waals surface area contributed by atoms with E-state index in [1.807, 2.05) is 0 Å². The minimum atomic E-state index is -1.00. The van der Waals surface area contributed by atoms with Gasteiger partial charge >= 0.3 is 6.03 Å². The first-order chi connectivity index (χ1) is 8.04. The summed E-state index contributed by atoms with van der Waals surface area (Å²) >= 11 is 3.99. The molecule has 0 fully saturated rings. The third-order valence-electron chi connectivity index (χ3n) is 2.29. The van der Waals surface area contributed by atoms with Crippen LogP contribution in [0, 0.1) is 0 Å². The second-order valence-corrected chi connectivity index (χ2v) is 4.09. The summed E-state index contributed by atoms with van der Waals surface area (Å²) in [5, 5.41) is 21.9. The van der Waals surface area contributed by atoms with Crippen LogP contribution in [0.25, 0.3) is 0 Å². The molecular weight excluding hydrogens is 240 g/mol. The minimum Gasteiger partial charge on any atom is -0.390 e. The molecule has 2 atom stereocenters. The lowest BCUT2D eigenvalue weighted by Gasteiger charge is -2.18. The molecule has 1 rings (SSSR count). The fourth-order valence-corrected chi connectivity index (χ4v) is 1.72. The van der Waals surface area contributed by atoms with Crippen LogP contribution >= 0.6 is 12.6 Å². The lowest BCUT2D eigenvalue weighted by atomic mass is 10.0. The molecule has 2 unspecified atom stereocenters. The lowest BCUT2D eigenvalue weighted by Crippen LogP contribution is -2.21.